The molecule has 0 fully saturated rings. The highest BCUT2D eigenvalue weighted by Gasteiger charge is 2.08. The summed E-state index contributed by atoms with van der Waals surface area (Å²) in [6.07, 6.45) is 2.10. The van der Waals surface area contributed by atoms with Crippen molar-refractivity contribution in [3.05, 3.63) is 77.9 Å². The van der Waals surface area contributed by atoms with Crippen molar-refractivity contribution in [3.8, 4) is 5.75 Å². The molecule has 0 heterocycles. The van der Waals surface area contributed by atoms with Crippen LogP contribution in [0.1, 0.15) is 18.1 Å². The summed E-state index contributed by atoms with van der Waals surface area (Å²) in [5.41, 5.74) is 2.69. The second-order valence-corrected chi connectivity index (χ2v) is 5.82. The first-order chi connectivity index (χ1) is 10.2. The van der Waals surface area contributed by atoms with E-state index in [1.54, 1.807) is 12.1 Å². The van der Waals surface area contributed by atoms with Crippen LogP contribution in [0.2, 0.25) is 0 Å². The van der Waals surface area contributed by atoms with Crippen molar-refractivity contribution in [2.24, 2.45) is 5.92 Å². The van der Waals surface area contributed by atoms with Gasteiger partial charge in [-0.15, -0.1) is 0 Å². The zero-order valence-corrected chi connectivity index (χ0v) is 12.3. The van der Waals surface area contributed by atoms with Gasteiger partial charge in [-0.25, -0.2) is 0 Å². The van der Waals surface area contributed by atoms with E-state index >= 15 is 0 Å². The first-order valence-corrected chi connectivity index (χ1v) is 7.47. The second kappa shape index (κ2) is 6.01. The maximum absolute atomic E-state index is 9.34. The van der Waals surface area contributed by atoms with Gasteiger partial charge in [-0.05, 0) is 52.8 Å². The fraction of sp³-hybridized carbons (Fsp3) is 0.200. The minimum atomic E-state index is 0.334. The maximum Gasteiger partial charge on any atom is 0.115 e. The number of hydrogen-bond acceptors (Lipinski definition) is 1. The molecule has 0 saturated carbocycles. The number of benzene rings is 3. The standard InChI is InChI=1S/C20H20O/c1-15(13-16-9-11-19(21)12-10-16)14-18-7-4-6-17-5-2-3-8-20(17)18/h2-12,15,21H,13-14H2,1H3. The fourth-order valence-electron chi connectivity index (χ4n) is 2.95. The van der Waals surface area contributed by atoms with Gasteiger partial charge < -0.3 is 5.11 Å². The Morgan fingerprint density at radius 2 is 1.52 bits per heavy atom. The summed E-state index contributed by atoms with van der Waals surface area (Å²) in [4.78, 5) is 0. The molecule has 21 heavy (non-hydrogen) atoms. The van der Waals surface area contributed by atoms with Crippen LogP contribution < -0.4 is 0 Å². The highest BCUT2D eigenvalue weighted by Crippen LogP contribution is 2.23. The van der Waals surface area contributed by atoms with Crippen LogP contribution in [0.5, 0.6) is 5.75 Å². The predicted molar refractivity (Wildman–Crippen MR) is 88.6 cm³/mol. The lowest BCUT2D eigenvalue weighted by Crippen LogP contribution is -2.04. The third-order valence-electron chi connectivity index (χ3n) is 3.97. The molecular formula is C20H20O. The second-order valence-electron chi connectivity index (χ2n) is 5.82. The monoisotopic (exact) mass is 276 g/mol. The molecule has 0 aliphatic carbocycles. The van der Waals surface area contributed by atoms with Gasteiger partial charge in [0, 0.05) is 0 Å². The molecule has 1 atom stereocenters. The van der Waals surface area contributed by atoms with Gasteiger partial charge in [0.15, 0.2) is 0 Å². The number of fused-ring (bicyclic) bond motifs is 1. The lowest BCUT2D eigenvalue weighted by molar-refractivity contribution is 0.474. The van der Waals surface area contributed by atoms with Crippen LogP contribution in [0.15, 0.2) is 66.7 Å². The Morgan fingerprint density at radius 1 is 0.810 bits per heavy atom. The molecule has 0 amide bonds. The van der Waals surface area contributed by atoms with Gasteiger partial charge in [-0.2, -0.15) is 0 Å². The fourth-order valence-corrected chi connectivity index (χ4v) is 2.95. The first kappa shape index (κ1) is 13.7. The molecule has 106 valence electrons. The van der Waals surface area contributed by atoms with E-state index in [0.29, 0.717) is 11.7 Å². The SMILES string of the molecule is CC(Cc1ccc(O)cc1)Cc1cccc2ccccc12. The average molecular weight is 276 g/mol. The van der Waals surface area contributed by atoms with Crippen LogP contribution in [-0.4, -0.2) is 5.11 Å². The van der Waals surface area contributed by atoms with E-state index in [-0.39, 0.29) is 0 Å². The zero-order valence-electron chi connectivity index (χ0n) is 12.3. The van der Waals surface area contributed by atoms with Crippen molar-refractivity contribution in [3.63, 3.8) is 0 Å². The quantitative estimate of drug-likeness (QED) is 0.713. The molecule has 0 aliphatic heterocycles. The van der Waals surface area contributed by atoms with Crippen LogP contribution >= 0.6 is 0 Å². The molecule has 3 aromatic carbocycles. The summed E-state index contributed by atoms with van der Waals surface area (Å²) in [6.45, 7) is 2.29. The van der Waals surface area contributed by atoms with Gasteiger partial charge in [-0.1, -0.05) is 61.5 Å². The molecule has 0 saturated heterocycles. The van der Waals surface area contributed by atoms with Crippen LogP contribution in [0, 0.1) is 5.92 Å². The van der Waals surface area contributed by atoms with E-state index in [2.05, 4.69) is 49.4 Å². The number of aromatic hydroxyl groups is 1. The summed E-state index contributed by atoms with van der Waals surface area (Å²) in [5, 5.41) is 12.0. The van der Waals surface area contributed by atoms with E-state index in [1.807, 2.05) is 12.1 Å². The molecule has 0 spiro atoms. The van der Waals surface area contributed by atoms with Crippen LogP contribution in [0.3, 0.4) is 0 Å². The van der Waals surface area contributed by atoms with Crippen molar-refractivity contribution in [2.75, 3.05) is 0 Å². The molecule has 0 aromatic heterocycles. The van der Waals surface area contributed by atoms with Gasteiger partial charge >= 0.3 is 0 Å². The maximum atomic E-state index is 9.34. The van der Waals surface area contributed by atoms with Crippen molar-refractivity contribution < 1.29 is 5.11 Å². The summed E-state index contributed by atoms with van der Waals surface area (Å²) in [5.74, 6) is 0.904. The predicted octanol–water partition coefficient (Wildman–Crippen LogP) is 4.97. The van der Waals surface area contributed by atoms with Crippen molar-refractivity contribution >= 4 is 10.8 Å². The molecule has 1 N–H and O–H groups in total. The molecular weight excluding hydrogens is 256 g/mol. The average Bonchev–Trinajstić information content (AvgIpc) is 2.50. The third kappa shape index (κ3) is 3.25. The molecule has 1 heteroatoms. The molecule has 0 aliphatic rings. The van der Waals surface area contributed by atoms with Gasteiger partial charge in [-0.3, -0.25) is 0 Å². The summed E-state index contributed by atoms with van der Waals surface area (Å²) < 4.78 is 0. The number of hydrogen-bond donors (Lipinski definition) is 1. The van der Waals surface area contributed by atoms with Crippen molar-refractivity contribution in [1.82, 2.24) is 0 Å². The third-order valence-corrected chi connectivity index (χ3v) is 3.97. The van der Waals surface area contributed by atoms with Crippen LogP contribution in [0.25, 0.3) is 10.8 Å². The molecule has 1 nitrogen and oxygen atoms in total. The lowest BCUT2D eigenvalue weighted by atomic mass is 9.91. The topological polar surface area (TPSA) is 20.2 Å². The van der Waals surface area contributed by atoms with E-state index in [0.717, 1.165) is 12.8 Å². The number of phenolic OH excluding ortho intramolecular Hbond substituents is 1. The highest BCUT2D eigenvalue weighted by atomic mass is 16.3. The molecule has 3 aromatic rings. The van der Waals surface area contributed by atoms with Crippen molar-refractivity contribution in [2.45, 2.75) is 19.8 Å². The van der Waals surface area contributed by atoms with Crippen molar-refractivity contribution in [1.29, 1.82) is 0 Å². The number of rotatable bonds is 4. The smallest absolute Gasteiger partial charge is 0.115 e. The Bertz CT molecular complexity index is 723. The summed E-state index contributed by atoms with van der Waals surface area (Å²) in [7, 11) is 0. The summed E-state index contributed by atoms with van der Waals surface area (Å²) in [6, 6.07) is 22.7. The number of phenols is 1. The van der Waals surface area contributed by atoms with E-state index in [4.69, 9.17) is 0 Å². The molecule has 0 radical (unpaired) electrons. The van der Waals surface area contributed by atoms with Crippen LogP contribution in [0.4, 0.5) is 0 Å². The molecule has 1 unspecified atom stereocenters. The van der Waals surface area contributed by atoms with E-state index in [1.165, 1.54) is 21.9 Å². The van der Waals surface area contributed by atoms with Crippen LogP contribution in [-0.2, 0) is 12.8 Å². The minimum Gasteiger partial charge on any atom is -0.508 e. The summed E-state index contributed by atoms with van der Waals surface area (Å²) >= 11 is 0. The highest BCUT2D eigenvalue weighted by molar-refractivity contribution is 5.85. The Labute approximate surface area is 125 Å². The molecule has 0 bridgehead atoms. The Balaban J connectivity index is 1.77. The van der Waals surface area contributed by atoms with Gasteiger partial charge in [0.1, 0.15) is 5.75 Å². The van der Waals surface area contributed by atoms with Gasteiger partial charge in [0.05, 0.1) is 0 Å². The largest absolute Gasteiger partial charge is 0.508 e. The van der Waals surface area contributed by atoms with Gasteiger partial charge in [0.25, 0.3) is 0 Å². The lowest BCUT2D eigenvalue weighted by Gasteiger charge is -2.13. The Kier molecular flexibility index (Phi) is 3.92. The molecule has 3 rings (SSSR count). The Morgan fingerprint density at radius 3 is 2.33 bits per heavy atom. The zero-order chi connectivity index (χ0) is 14.7. The first-order valence-electron chi connectivity index (χ1n) is 7.47. The normalized spacial score (nSPS) is 12.4. The van der Waals surface area contributed by atoms with E-state index < -0.39 is 0 Å². The minimum absolute atomic E-state index is 0.334. The Hall–Kier alpha value is -2.28. The van der Waals surface area contributed by atoms with E-state index in [9.17, 15) is 5.11 Å². The van der Waals surface area contributed by atoms with Gasteiger partial charge in [0.2, 0.25) is 0 Å².